The third-order valence-corrected chi connectivity index (χ3v) is 6.48. The highest BCUT2D eigenvalue weighted by atomic mass is 19.1. The summed E-state index contributed by atoms with van der Waals surface area (Å²) in [6, 6.07) is 16.3. The molecule has 0 spiro atoms. The van der Waals surface area contributed by atoms with Crippen molar-refractivity contribution >= 4 is 5.69 Å². The van der Waals surface area contributed by atoms with Crippen LogP contribution in [0.1, 0.15) is 50.3 Å². The minimum atomic E-state index is -0.962. The molecule has 0 aliphatic heterocycles. The highest BCUT2D eigenvalue weighted by Crippen LogP contribution is 2.37. The summed E-state index contributed by atoms with van der Waals surface area (Å²) < 4.78 is 56.7. The normalized spacial score (nSPS) is 11.9. The zero-order chi connectivity index (χ0) is 26.3. The SMILES string of the molecule is [C-]#[N+]c1c(F)ccc(-c2cccc(C(C)(C)c3cccc(C(C)(C)c4ccc(F)cc4F)n3)n2)c1F. The number of benzene rings is 2. The average molecular weight is 490 g/mol. The Bertz CT molecular complexity index is 1500. The Morgan fingerprint density at radius 1 is 0.694 bits per heavy atom. The molecule has 0 aliphatic carbocycles. The maximum atomic E-state index is 14.8. The van der Waals surface area contributed by atoms with Crippen LogP contribution in [0, 0.1) is 29.8 Å². The molecule has 0 atom stereocenters. The molecule has 4 rings (SSSR count). The third kappa shape index (κ3) is 4.35. The van der Waals surface area contributed by atoms with Gasteiger partial charge >= 0.3 is 0 Å². The first-order chi connectivity index (χ1) is 17.0. The number of pyridine rings is 2. The highest BCUT2D eigenvalue weighted by Gasteiger charge is 2.32. The van der Waals surface area contributed by atoms with Gasteiger partial charge in [0.2, 0.25) is 0 Å². The predicted octanol–water partition coefficient (Wildman–Crippen LogP) is 7.90. The second kappa shape index (κ2) is 9.19. The Morgan fingerprint density at radius 3 is 1.94 bits per heavy atom. The van der Waals surface area contributed by atoms with Crippen molar-refractivity contribution < 1.29 is 17.6 Å². The molecule has 0 saturated carbocycles. The van der Waals surface area contributed by atoms with Crippen LogP contribution in [0.2, 0.25) is 0 Å². The van der Waals surface area contributed by atoms with Crippen LogP contribution < -0.4 is 0 Å². The van der Waals surface area contributed by atoms with Crippen molar-refractivity contribution in [2.24, 2.45) is 0 Å². The third-order valence-electron chi connectivity index (χ3n) is 6.48. The van der Waals surface area contributed by atoms with E-state index >= 15 is 0 Å². The largest absolute Gasteiger partial charge is 0.257 e. The van der Waals surface area contributed by atoms with Crippen LogP contribution in [-0.2, 0) is 10.8 Å². The Balaban J connectivity index is 1.77. The van der Waals surface area contributed by atoms with Gasteiger partial charge in [-0.2, -0.15) is 0 Å². The monoisotopic (exact) mass is 489 g/mol. The first kappa shape index (κ1) is 25.1. The van der Waals surface area contributed by atoms with Gasteiger partial charge in [0.05, 0.1) is 29.3 Å². The van der Waals surface area contributed by atoms with Gasteiger partial charge < -0.3 is 0 Å². The number of aromatic nitrogens is 2. The van der Waals surface area contributed by atoms with E-state index in [0.717, 1.165) is 12.1 Å². The van der Waals surface area contributed by atoms with Gasteiger partial charge in [0.1, 0.15) is 23.3 Å². The molecule has 0 unspecified atom stereocenters. The van der Waals surface area contributed by atoms with E-state index in [4.69, 9.17) is 11.6 Å². The van der Waals surface area contributed by atoms with E-state index in [1.165, 1.54) is 18.2 Å². The van der Waals surface area contributed by atoms with Crippen LogP contribution in [0.3, 0.4) is 0 Å². The zero-order valence-corrected chi connectivity index (χ0v) is 20.2. The van der Waals surface area contributed by atoms with Crippen LogP contribution in [0.5, 0.6) is 0 Å². The molecule has 0 fully saturated rings. The second-order valence-electron chi connectivity index (χ2n) is 9.56. The lowest BCUT2D eigenvalue weighted by molar-refractivity contribution is 0.517. The van der Waals surface area contributed by atoms with Gasteiger partial charge in [-0.1, -0.05) is 32.0 Å². The molecule has 0 saturated heterocycles. The average Bonchev–Trinajstić information content (AvgIpc) is 2.84. The first-order valence-corrected chi connectivity index (χ1v) is 11.2. The van der Waals surface area contributed by atoms with Crippen molar-refractivity contribution in [3.63, 3.8) is 0 Å². The number of hydrogen-bond acceptors (Lipinski definition) is 2. The molecule has 2 aromatic carbocycles. The molecule has 36 heavy (non-hydrogen) atoms. The molecule has 4 aromatic rings. The molecular formula is C29H23F4N3. The predicted molar refractivity (Wildman–Crippen MR) is 131 cm³/mol. The fourth-order valence-corrected chi connectivity index (χ4v) is 4.17. The topological polar surface area (TPSA) is 30.1 Å². The minimum Gasteiger partial charge on any atom is -0.256 e. The lowest BCUT2D eigenvalue weighted by Crippen LogP contribution is -2.27. The Hall–Kier alpha value is -4.05. The summed E-state index contributed by atoms with van der Waals surface area (Å²) in [6.07, 6.45) is 0. The lowest BCUT2D eigenvalue weighted by atomic mass is 9.79. The van der Waals surface area contributed by atoms with E-state index in [-0.39, 0.29) is 11.3 Å². The van der Waals surface area contributed by atoms with E-state index in [1.54, 1.807) is 24.3 Å². The smallest absolute Gasteiger partial charge is 0.256 e. The van der Waals surface area contributed by atoms with Crippen molar-refractivity contribution in [2.45, 2.75) is 38.5 Å². The van der Waals surface area contributed by atoms with E-state index in [2.05, 4.69) is 9.83 Å². The standard InChI is InChI=1S/C29H23F4N3/c1-28(2,19-14-12-17(30)16-21(19)32)23-10-7-11-25(36-23)29(3,4)24-9-6-8-22(35-24)18-13-15-20(31)27(34-5)26(18)33/h6-16H,1-4H3. The van der Waals surface area contributed by atoms with Gasteiger partial charge in [-0.25, -0.2) is 22.4 Å². The van der Waals surface area contributed by atoms with Crippen LogP contribution in [0.4, 0.5) is 23.2 Å². The Kier molecular flexibility index (Phi) is 6.40. The summed E-state index contributed by atoms with van der Waals surface area (Å²) in [5.74, 6) is -3.19. The number of halogens is 4. The van der Waals surface area contributed by atoms with E-state index in [9.17, 15) is 17.6 Å². The molecular weight excluding hydrogens is 466 g/mol. The minimum absolute atomic E-state index is 0.0229. The summed E-state index contributed by atoms with van der Waals surface area (Å²) in [6.45, 7) is 14.5. The van der Waals surface area contributed by atoms with E-state index < -0.39 is 39.8 Å². The summed E-state index contributed by atoms with van der Waals surface area (Å²) in [7, 11) is 0. The van der Waals surface area contributed by atoms with Crippen LogP contribution in [0.25, 0.3) is 16.1 Å². The van der Waals surface area contributed by atoms with Crippen molar-refractivity contribution in [2.75, 3.05) is 0 Å². The van der Waals surface area contributed by atoms with Crippen LogP contribution >= 0.6 is 0 Å². The molecule has 0 radical (unpaired) electrons. The summed E-state index contributed by atoms with van der Waals surface area (Å²) in [4.78, 5) is 12.4. The quantitative estimate of drug-likeness (QED) is 0.211. The second-order valence-corrected chi connectivity index (χ2v) is 9.56. The van der Waals surface area contributed by atoms with Crippen molar-refractivity contribution in [3.8, 4) is 11.3 Å². The van der Waals surface area contributed by atoms with Gasteiger partial charge in [-0.15, -0.1) is 0 Å². The van der Waals surface area contributed by atoms with Gasteiger partial charge in [0.25, 0.3) is 5.69 Å². The van der Waals surface area contributed by atoms with Gasteiger partial charge in [0.15, 0.2) is 0 Å². The molecule has 0 bridgehead atoms. The Morgan fingerprint density at radius 2 is 1.31 bits per heavy atom. The van der Waals surface area contributed by atoms with Gasteiger partial charge in [0, 0.05) is 22.5 Å². The van der Waals surface area contributed by atoms with E-state index in [1.807, 2.05) is 39.8 Å². The van der Waals surface area contributed by atoms with Crippen molar-refractivity contribution in [3.05, 3.63) is 124 Å². The molecule has 3 nitrogen and oxygen atoms in total. The van der Waals surface area contributed by atoms with Crippen LogP contribution in [0.15, 0.2) is 66.7 Å². The van der Waals surface area contributed by atoms with Gasteiger partial charge in [-0.3, -0.25) is 9.97 Å². The molecule has 7 heteroatoms. The first-order valence-electron chi connectivity index (χ1n) is 11.2. The molecule has 2 aromatic heterocycles. The number of hydrogen-bond donors (Lipinski definition) is 0. The maximum absolute atomic E-state index is 14.8. The fraction of sp³-hybridized carbons (Fsp3) is 0.207. The molecule has 0 N–H and O–H groups in total. The molecule has 0 aliphatic rings. The highest BCUT2D eigenvalue weighted by molar-refractivity contribution is 5.67. The summed E-state index contributed by atoms with van der Waals surface area (Å²) >= 11 is 0. The van der Waals surface area contributed by atoms with E-state index in [0.29, 0.717) is 22.6 Å². The molecule has 0 amide bonds. The summed E-state index contributed by atoms with van der Waals surface area (Å²) in [5, 5.41) is 0. The van der Waals surface area contributed by atoms with Crippen molar-refractivity contribution in [1.29, 1.82) is 0 Å². The molecule has 182 valence electrons. The molecule has 2 heterocycles. The maximum Gasteiger partial charge on any atom is 0.257 e. The zero-order valence-electron chi connectivity index (χ0n) is 20.2. The van der Waals surface area contributed by atoms with Crippen LogP contribution in [-0.4, -0.2) is 9.97 Å². The van der Waals surface area contributed by atoms with Crippen molar-refractivity contribution in [1.82, 2.24) is 9.97 Å². The number of rotatable bonds is 5. The fourth-order valence-electron chi connectivity index (χ4n) is 4.17. The van der Waals surface area contributed by atoms with Gasteiger partial charge in [-0.05, 0) is 61.9 Å². The summed E-state index contributed by atoms with van der Waals surface area (Å²) in [5.41, 5.74) is 0.112. The lowest BCUT2D eigenvalue weighted by Gasteiger charge is -2.29. The number of nitrogens with zero attached hydrogens (tertiary/aromatic N) is 3. The Labute approximate surface area is 207 Å².